The van der Waals surface area contributed by atoms with Crippen molar-refractivity contribution < 1.29 is 23.8 Å². The number of likely N-dealkylation sites (tertiary alicyclic amines) is 2. The van der Waals surface area contributed by atoms with Gasteiger partial charge in [-0.3, -0.25) is 19.4 Å². The molecule has 0 bridgehead atoms. The van der Waals surface area contributed by atoms with Gasteiger partial charge in [-0.2, -0.15) is 12.6 Å². The number of piperidine rings is 1. The monoisotopic (exact) mass is 462 g/mol. The van der Waals surface area contributed by atoms with Crippen molar-refractivity contribution >= 4 is 24.4 Å². The maximum Gasteiger partial charge on any atom is 0.323 e. The second kappa shape index (κ2) is 10.0. The highest BCUT2D eigenvalue weighted by Gasteiger charge is 2.41. The molecule has 2 saturated heterocycles. The van der Waals surface area contributed by atoms with Crippen molar-refractivity contribution in [3.05, 3.63) is 47.3 Å². The number of ether oxygens (including phenoxy) is 1. The van der Waals surface area contributed by atoms with Gasteiger partial charge in [0.2, 0.25) is 0 Å². The summed E-state index contributed by atoms with van der Waals surface area (Å²) < 4.78 is 19.6. The molecule has 2 heterocycles. The minimum atomic E-state index is -0.593. The molecule has 3 fully saturated rings. The van der Waals surface area contributed by atoms with Gasteiger partial charge in [0.05, 0.1) is 19.3 Å². The van der Waals surface area contributed by atoms with E-state index in [1.54, 1.807) is 18.2 Å². The van der Waals surface area contributed by atoms with E-state index in [-0.39, 0.29) is 28.7 Å². The topological polar surface area (TPSA) is 70.1 Å². The van der Waals surface area contributed by atoms with Gasteiger partial charge in [-0.1, -0.05) is 24.3 Å². The van der Waals surface area contributed by atoms with Gasteiger partial charge >= 0.3 is 5.97 Å². The van der Waals surface area contributed by atoms with Crippen molar-refractivity contribution in [1.82, 2.24) is 9.80 Å². The fourth-order valence-electron chi connectivity index (χ4n) is 4.83. The van der Waals surface area contributed by atoms with Crippen LogP contribution in [0.4, 0.5) is 4.39 Å². The molecule has 4 rings (SSSR count). The van der Waals surface area contributed by atoms with Gasteiger partial charge in [-0.25, -0.2) is 4.39 Å². The molecule has 0 spiro atoms. The fraction of sp³-hybridized carbons (Fsp3) is 0.583. The van der Waals surface area contributed by atoms with Gasteiger partial charge in [-0.05, 0) is 30.9 Å². The third kappa shape index (κ3) is 5.09. The quantitative estimate of drug-likeness (QED) is 0.368. The van der Waals surface area contributed by atoms with Crippen molar-refractivity contribution in [3.63, 3.8) is 0 Å². The zero-order chi connectivity index (χ0) is 22.8. The van der Waals surface area contributed by atoms with Gasteiger partial charge in [0.25, 0.3) is 0 Å². The van der Waals surface area contributed by atoms with E-state index >= 15 is 0 Å². The summed E-state index contributed by atoms with van der Waals surface area (Å²) in [5.74, 6) is -0.576. The number of methoxy groups -OCH3 is 1. The number of aliphatic hydroxyl groups excluding tert-OH is 1. The zero-order valence-corrected chi connectivity index (χ0v) is 19.2. The molecule has 0 amide bonds. The second-order valence-electron chi connectivity index (χ2n) is 9.04. The van der Waals surface area contributed by atoms with Crippen LogP contribution in [0.2, 0.25) is 0 Å². The first kappa shape index (κ1) is 23.4. The molecule has 6 nitrogen and oxygen atoms in total. The Kier molecular flexibility index (Phi) is 7.34. The number of hydrogen-bond donors (Lipinski definition) is 2. The molecule has 174 valence electrons. The van der Waals surface area contributed by atoms with Gasteiger partial charge in [-0.15, -0.1) is 0 Å². The first-order valence-corrected chi connectivity index (χ1v) is 11.8. The lowest BCUT2D eigenvalue weighted by atomic mass is 9.93. The van der Waals surface area contributed by atoms with Crippen molar-refractivity contribution in [3.8, 4) is 0 Å². The molecule has 4 atom stereocenters. The smallest absolute Gasteiger partial charge is 0.323 e. The predicted molar refractivity (Wildman–Crippen MR) is 122 cm³/mol. The number of esters is 1. The number of rotatable bonds is 7. The number of halogens is 1. The van der Waals surface area contributed by atoms with Crippen molar-refractivity contribution in [2.24, 2.45) is 5.92 Å². The molecule has 0 aromatic heterocycles. The van der Waals surface area contributed by atoms with E-state index in [0.29, 0.717) is 38.2 Å². The molecule has 1 N–H and O–H groups in total. The summed E-state index contributed by atoms with van der Waals surface area (Å²) in [5.41, 5.74) is 1.49. The minimum absolute atomic E-state index is 0.0210. The number of β-amino-alcohol motifs (C(OH)–C–C–N with tert-alkyl or cyclic N) is 1. The van der Waals surface area contributed by atoms with Crippen LogP contribution in [0.25, 0.3) is 0 Å². The van der Waals surface area contributed by atoms with Crippen LogP contribution in [0.3, 0.4) is 0 Å². The molecule has 1 aliphatic carbocycles. The number of aliphatic hydroxyl groups is 1. The van der Waals surface area contributed by atoms with E-state index in [1.165, 1.54) is 13.2 Å². The van der Waals surface area contributed by atoms with Crippen LogP contribution in [-0.2, 0) is 14.3 Å². The molecular formula is C24H31FN2O4S. The molecule has 1 saturated carbocycles. The first-order valence-electron chi connectivity index (χ1n) is 11.3. The number of hydrogen-bond acceptors (Lipinski definition) is 7. The van der Waals surface area contributed by atoms with Crippen LogP contribution in [0.1, 0.15) is 37.3 Å². The standard InChI is InChI=1S/C24H31FN2O4S/c1-31-24(30)20-12-17(28)14-26(20)10-8-16-13-27(11-9-21(16)32)22(23(29)15-6-7-15)18-4-2-3-5-19(18)25/h2-5,8,15,17,20-22,28,32H,6-7,9-14H2,1H3/t17-,20+,21?,22?/m1/s1. The second-order valence-corrected chi connectivity index (χ2v) is 9.66. The summed E-state index contributed by atoms with van der Waals surface area (Å²) in [5, 5.41) is 10.1. The van der Waals surface area contributed by atoms with Crippen LogP contribution in [0.15, 0.2) is 35.9 Å². The highest BCUT2D eigenvalue weighted by atomic mass is 32.1. The summed E-state index contributed by atoms with van der Waals surface area (Å²) in [6.07, 6.45) is 4.34. The molecule has 8 heteroatoms. The number of carbonyl (C=O) groups is 2. The maximum atomic E-state index is 14.7. The Balaban J connectivity index is 1.53. The fourth-order valence-corrected chi connectivity index (χ4v) is 5.13. The Morgan fingerprint density at radius 2 is 2.06 bits per heavy atom. The molecular weight excluding hydrogens is 431 g/mol. The number of ketones is 1. The Morgan fingerprint density at radius 1 is 1.31 bits per heavy atom. The molecule has 0 radical (unpaired) electrons. The van der Waals surface area contributed by atoms with E-state index in [1.807, 2.05) is 11.0 Å². The zero-order valence-electron chi connectivity index (χ0n) is 18.3. The van der Waals surface area contributed by atoms with E-state index in [0.717, 1.165) is 24.8 Å². The van der Waals surface area contributed by atoms with E-state index in [2.05, 4.69) is 4.90 Å². The van der Waals surface area contributed by atoms with Crippen LogP contribution in [-0.4, -0.2) is 77.3 Å². The van der Waals surface area contributed by atoms with Gasteiger partial charge in [0.1, 0.15) is 11.9 Å². The highest BCUT2D eigenvalue weighted by molar-refractivity contribution is 7.81. The van der Waals surface area contributed by atoms with Crippen LogP contribution in [0, 0.1) is 11.7 Å². The summed E-state index contributed by atoms with van der Waals surface area (Å²) >= 11 is 4.74. The van der Waals surface area contributed by atoms with E-state index in [4.69, 9.17) is 17.4 Å². The van der Waals surface area contributed by atoms with E-state index < -0.39 is 18.2 Å². The molecule has 2 aliphatic heterocycles. The van der Waals surface area contributed by atoms with Gasteiger partial charge in [0, 0.05) is 49.3 Å². The van der Waals surface area contributed by atoms with Gasteiger partial charge < -0.3 is 9.84 Å². The van der Waals surface area contributed by atoms with Crippen molar-refractivity contribution in [2.75, 3.05) is 33.3 Å². The Labute approximate surface area is 193 Å². The van der Waals surface area contributed by atoms with Crippen LogP contribution >= 0.6 is 12.6 Å². The lowest BCUT2D eigenvalue weighted by Crippen LogP contribution is -2.43. The van der Waals surface area contributed by atoms with Crippen LogP contribution < -0.4 is 0 Å². The Hall–Kier alpha value is -1.74. The average Bonchev–Trinajstić information content (AvgIpc) is 3.57. The lowest BCUT2D eigenvalue weighted by molar-refractivity contribution is -0.145. The molecule has 1 aromatic rings. The number of Topliss-reactive ketones (excluding diaryl/α,β-unsaturated/α-hetero) is 1. The highest BCUT2D eigenvalue weighted by Crippen LogP contribution is 2.39. The third-order valence-electron chi connectivity index (χ3n) is 6.76. The van der Waals surface area contributed by atoms with E-state index in [9.17, 15) is 19.1 Å². The third-order valence-corrected chi connectivity index (χ3v) is 7.35. The van der Waals surface area contributed by atoms with Crippen molar-refractivity contribution in [1.29, 1.82) is 0 Å². The average molecular weight is 463 g/mol. The normalized spacial score (nSPS) is 29.2. The minimum Gasteiger partial charge on any atom is -0.468 e. The number of thiol groups is 1. The number of carbonyl (C=O) groups excluding carboxylic acids is 2. The largest absolute Gasteiger partial charge is 0.468 e. The molecule has 2 unspecified atom stereocenters. The Bertz CT molecular complexity index is 891. The summed E-state index contributed by atoms with van der Waals surface area (Å²) in [4.78, 5) is 29.2. The molecule has 3 aliphatic rings. The number of nitrogens with zero attached hydrogens (tertiary/aromatic N) is 2. The predicted octanol–water partition coefficient (Wildman–Crippen LogP) is 2.38. The van der Waals surface area contributed by atoms with Crippen LogP contribution in [0.5, 0.6) is 0 Å². The summed E-state index contributed by atoms with van der Waals surface area (Å²) in [6.45, 7) is 2.07. The molecule has 32 heavy (non-hydrogen) atoms. The maximum absolute atomic E-state index is 14.7. The van der Waals surface area contributed by atoms with Gasteiger partial charge in [0.15, 0.2) is 5.78 Å². The molecule has 1 aromatic carbocycles. The lowest BCUT2D eigenvalue weighted by Gasteiger charge is -2.38. The number of benzene rings is 1. The first-order chi connectivity index (χ1) is 15.4. The summed E-state index contributed by atoms with van der Waals surface area (Å²) in [7, 11) is 1.35. The SMILES string of the molecule is COC(=O)[C@@H]1C[C@@H](O)CN1CC=C1CN(C(C(=O)C2CC2)c2ccccc2F)CCC1S. The summed E-state index contributed by atoms with van der Waals surface area (Å²) in [6, 6.07) is 5.49. The Morgan fingerprint density at radius 3 is 2.75 bits per heavy atom. The van der Waals surface area contributed by atoms with Crippen molar-refractivity contribution in [2.45, 2.75) is 49.1 Å².